The highest BCUT2D eigenvalue weighted by molar-refractivity contribution is 9.10. The van der Waals surface area contributed by atoms with E-state index in [1.54, 1.807) is 36.4 Å². The molecule has 1 unspecified atom stereocenters. The molecule has 2 aromatic heterocycles. The van der Waals surface area contributed by atoms with Gasteiger partial charge in [-0.25, -0.2) is 0 Å². The van der Waals surface area contributed by atoms with Crippen LogP contribution in [0.2, 0.25) is 0 Å². The Hall–Kier alpha value is -1.07. The minimum Gasteiger partial charge on any atom is -0.472 e. The quantitative estimate of drug-likeness (QED) is 0.947. The van der Waals surface area contributed by atoms with Gasteiger partial charge in [-0.15, -0.1) is 0 Å². The zero-order chi connectivity index (χ0) is 12.6. The van der Waals surface area contributed by atoms with Gasteiger partial charge in [0, 0.05) is 11.6 Å². The third-order valence-electron chi connectivity index (χ3n) is 2.78. The SMILES string of the molecule is CC(C)n1ncc(Br)c1C(C)(O)c1ccoc1. The largest absolute Gasteiger partial charge is 0.472 e. The molecule has 0 spiro atoms. The van der Waals surface area contributed by atoms with Gasteiger partial charge in [-0.3, -0.25) is 4.68 Å². The van der Waals surface area contributed by atoms with Crippen molar-refractivity contribution in [3.63, 3.8) is 0 Å². The standard InChI is InChI=1S/C12H15BrN2O2/c1-8(2)15-11(10(13)6-14-15)12(3,16)9-4-5-17-7-9/h4-8,16H,1-3H3. The average Bonchev–Trinajstić information content (AvgIpc) is 2.84. The van der Waals surface area contributed by atoms with Crippen molar-refractivity contribution in [2.75, 3.05) is 0 Å². The number of rotatable bonds is 3. The van der Waals surface area contributed by atoms with Crippen LogP contribution in [0.1, 0.15) is 38.1 Å². The summed E-state index contributed by atoms with van der Waals surface area (Å²) in [7, 11) is 0. The zero-order valence-electron chi connectivity index (χ0n) is 10.0. The summed E-state index contributed by atoms with van der Waals surface area (Å²) in [6, 6.07) is 1.93. The highest BCUT2D eigenvalue weighted by Crippen LogP contribution is 2.35. The van der Waals surface area contributed by atoms with Crippen molar-refractivity contribution in [3.8, 4) is 0 Å². The van der Waals surface area contributed by atoms with E-state index < -0.39 is 5.60 Å². The molecule has 1 atom stereocenters. The van der Waals surface area contributed by atoms with Crippen LogP contribution in [0.15, 0.2) is 33.7 Å². The highest BCUT2D eigenvalue weighted by Gasteiger charge is 2.33. The number of aliphatic hydroxyl groups is 1. The van der Waals surface area contributed by atoms with E-state index in [9.17, 15) is 5.11 Å². The molecule has 5 heteroatoms. The van der Waals surface area contributed by atoms with Crippen molar-refractivity contribution in [2.24, 2.45) is 0 Å². The molecule has 0 saturated heterocycles. The van der Waals surface area contributed by atoms with Gasteiger partial charge in [0.2, 0.25) is 0 Å². The monoisotopic (exact) mass is 298 g/mol. The molecule has 1 N–H and O–H groups in total. The summed E-state index contributed by atoms with van der Waals surface area (Å²) in [4.78, 5) is 0. The van der Waals surface area contributed by atoms with E-state index in [-0.39, 0.29) is 6.04 Å². The number of nitrogens with zero attached hydrogens (tertiary/aromatic N) is 2. The van der Waals surface area contributed by atoms with E-state index in [1.165, 1.54) is 0 Å². The lowest BCUT2D eigenvalue weighted by Crippen LogP contribution is -2.27. The van der Waals surface area contributed by atoms with Crippen molar-refractivity contribution in [1.82, 2.24) is 9.78 Å². The van der Waals surface area contributed by atoms with E-state index in [4.69, 9.17) is 4.42 Å². The number of aromatic nitrogens is 2. The van der Waals surface area contributed by atoms with Crippen LogP contribution >= 0.6 is 15.9 Å². The smallest absolute Gasteiger partial charge is 0.133 e. The van der Waals surface area contributed by atoms with Gasteiger partial charge in [-0.05, 0) is 42.8 Å². The van der Waals surface area contributed by atoms with Gasteiger partial charge < -0.3 is 9.52 Å². The summed E-state index contributed by atoms with van der Waals surface area (Å²) < 4.78 is 7.63. The van der Waals surface area contributed by atoms with Gasteiger partial charge in [0.15, 0.2) is 0 Å². The number of furan rings is 1. The molecule has 92 valence electrons. The first-order valence-electron chi connectivity index (χ1n) is 5.43. The predicted octanol–water partition coefficient (Wildman–Crippen LogP) is 3.08. The molecule has 0 bridgehead atoms. The molecule has 0 aliphatic carbocycles. The lowest BCUT2D eigenvalue weighted by Gasteiger charge is -2.25. The molecule has 2 aromatic rings. The summed E-state index contributed by atoms with van der Waals surface area (Å²) in [5.41, 5.74) is 0.307. The van der Waals surface area contributed by atoms with Gasteiger partial charge in [0.1, 0.15) is 5.60 Å². The molecule has 0 amide bonds. The Labute approximate surface area is 108 Å². The third kappa shape index (κ3) is 2.05. The zero-order valence-corrected chi connectivity index (χ0v) is 11.6. The van der Waals surface area contributed by atoms with Gasteiger partial charge in [-0.2, -0.15) is 5.10 Å². The van der Waals surface area contributed by atoms with Crippen molar-refractivity contribution in [2.45, 2.75) is 32.4 Å². The van der Waals surface area contributed by atoms with Crippen molar-refractivity contribution in [1.29, 1.82) is 0 Å². The molecule has 0 aromatic carbocycles. The summed E-state index contributed by atoms with van der Waals surface area (Å²) in [6.45, 7) is 5.78. The fourth-order valence-electron chi connectivity index (χ4n) is 1.87. The summed E-state index contributed by atoms with van der Waals surface area (Å²) in [5, 5.41) is 15.0. The number of hydrogen-bond donors (Lipinski definition) is 1. The van der Waals surface area contributed by atoms with Crippen LogP contribution in [0.3, 0.4) is 0 Å². The highest BCUT2D eigenvalue weighted by atomic mass is 79.9. The van der Waals surface area contributed by atoms with Crippen LogP contribution in [0, 0.1) is 0 Å². The molecule has 2 rings (SSSR count). The van der Waals surface area contributed by atoms with Crippen LogP contribution in [-0.4, -0.2) is 14.9 Å². The normalized spacial score (nSPS) is 15.2. The van der Waals surface area contributed by atoms with E-state index in [0.717, 1.165) is 10.2 Å². The number of hydrogen-bond acceptors (Lipinski definition) is 3. The first-order chi connectivity index (χ1) is 7.94. The predicted molar refractivity (Wildman–Crippen MR) is 67.7 cm³/mol. The fraction of sp³-hybridized carbons (Fsp3) is 0.417. The lowest BCUT2D eigenvalue weighted by atomic mass is 9.95. The minimum absolute atomic E-state index is 0.176. The Bertz CT molecular complexity index is 501. The van der Waals surface area contributed by atoms with Gasteiger partial charge in [-0.1, -0.05) is 0 Å². The van der Waals surface area contributed by atoms with Crippen LogP contribution in [0.5, 0.6) is 0 Å². The summed E-state index contributed by atoms with van der Waals surface area (Å²) in [5.74, 6) is 0. The van der Waals surface area contributed by atoms with E-state index in [2.05, 4.69) is 21.0 Å². The molecule has 2 heterocycles. The van der Waals surface area contributed by atoms with E-state index >= 15 is 0 Å². The van der Waals surface area contributed by atoms with Crippen LogP contribution in [0.4, 0.5) is 0 Å². The van der Waals surface area contributed by atoms with Crippen molar-refractivity contribution >= 4 is 15.9 Å². The van der Waals surface area contributed by atoms with Gasteiger partial charge >= 0.3 is 0 Å². The Morgan fingerprint density at radius 2 is 2.24 bits per heavy atom. The first-order valence-corrected chi connectivity index (χ1v) is 6.22. The maximum Gasteiger partial charge on any atom is 0.133 e. The third-order valence-corrected chi connectivity index (χ3v) is 3.36. The molecule has 4 nitrogen and oxygen atoms in total. The lowest BCUT2D eigenvalue weighted by molar-refractivity contribution is 0.0885. The molecular formula is C12H15BrN2O2. The van der Waals surface area contributed by atoms with Crippen LogP contribution < -0.4 is 0 Å². The maximum absolute atomic E-state index is 10.7. The van der Waals surface area contributed by atoms with Gasteiger partial charge in [0.25, 0.3) is 0 Å². The summed E-state index contributed by atoms with van der Waals surface area (Å²) >= 11 is 3.43. The van der Waals surface area contributed by atoms with Crippen LogP contribution in [0.25, 0.3) is 0 Å². The Kier molecular flexibility index (Phi) is 3.14. The molecule has 0 saturated carbocycles. The van der Waals surface area contributed by atoms with Crippen molar-refractivity contribution < 1.29 is 9.52 Å². The first kappa shape index (κ1) is 12.4. The molecule has 0 aliphatic heterocycles. The Balaban J connectivity index is 2.56. The Morgan fingerprint density at radius 1 is 1.53 bits per heavy atom. The fourth-order valence-corrected chi connectivity index (χ4v) is 2.53. The number of halogens is 1. The second-order valence-electron chi connectivity index (χ2n) is 4.46. The average molecular weight is 299 g/mol. The molecule has 0 aliphatic rings. The van der Waals surface area contributed by atoms with Crippen LogP contribution in [-0.2, 0) is 5.60 Å². The summed E-state index contributed by atoms with van der Waals surface area (Å²) in [6.07, 6.45) is 4.79. The van der Waals surface area contributed by atoms with Gasteiger partial charge in [0.05, 0.1) is 28.9 Å². The Morgan fingerprint density at radius 3 is 2.76 bits per heavy atom. The van der Waals surface area contributed by atoms with Crippen molar-refractivity contribution in [3.05, 3.63) is 40.5 Å². The molecule has 0 fully saturated rings. The second-order valence-corrected chi connectivity index (χ2v) is 5.32. The molecule has 0 radical (unpaired) electrons. The minimum atomic E-state index is -1.13. The molecular weight excluding hydrogens is 284 g/mol. The van der Waals surface area contributed by atoms with E-state index in [1.807, 2.05) is 13.8 Å². The van der Waals surface area contributed by atoms with E-state index in [0.29, 0.717) is 5.56 Å². The molecule has 17 heavy (non-hydrogen) atoms. The second kappa shape index (κ2) is 4.31. The topological polar surface area (TPSA) is 51.2 Å². The maximum atomic E-state index is 10.7.